The van der Waals surface area contributed by atoms with Crippen molar-refractivity contribution in [3.8, 4) is 0 Å². The van der Waals surface area contributed by atoms with Gasteiger partial charge in [0, 0.05) is 16.4 Å². The summed E-state index contributed by atoms with van der Waals surface area (Å²) in [7, 11) is 0. The zero-order valence-corrected chi connectivity index (χ0v) is 14.1. The Labute approximate surface area is 125 Å². The Kier molecular flexibility index (Phi) is 5.19. The van der Waals surface area contributed by atoms with E-state index in [-0.39, 0.29) is 16.9 Å². The molecule has 0 heterocycles. The summed E-state index contributed by atoms with van der Waals surface area (Å²) in [4.78, 5) is 12.5. The lowest BCUT2D eigenvalue weighted by Gasteiger charge is -2.29. The number of benzene rings is 1. The molecule has 1 unspecified atom stereocenters. The highest BCUT2D eigenvalue weighted by Gasteiger charge is 2.26. The lowest BCUT2D eigenvalue weighted by molar-refractivity contribution is 0.0911. The standard InChI is InChI=1S/C16H24BrNO/c1-6-16(5,11-17)18-14(19)12-9-7-8-10-13(12)15(2,3)4/h7-10H,6,11H2,1-5H3,(H,18,19). The predicted molar refractivity (Wildman–Crippen MR) is 85.1 cm³/mol. The number of hydrogen-bond acceptors (Lipinski definition) is 1. The SMILES string of the molecule is CCC(C)(CBr)NC(=O)c1ccccc1C(C)(C)C. The number of amides is 1. The minimum absolute atomic E-state index is 0.00863. The maximum absolute atomic E-state index is 12.5. The highest BCUT2D eigenvalue weighted by molar-refractivity contribution is 9.09. The average molecular weight is 326 g/mol. The predicted octanol–water partition coefficient (Wildman–Crippen LogP) is 4.28. The topological polar surface area (TPSA) is 29.1 Å². The van der Waals surface area contributed by atoms with Gasteiger partial charge >= 0.3 is 0 Å². The van der Waals surface area contributed by atoms with Crippen LogP contribution in [0.15, 0.2) is 24.3 Å². The van der Waals surface area contributed by atoms with Crippen molar-refractivity contribution in [2.45, 2.75) is 52.0 Å². The fourth-order valence-electron chi connectivity index (χ4n) is 1.89. The second-order valence-corrected chi connectivity index (χ2v) is 6.86. The Morgan fingerprint density at radius 1 is 1.21 bits per heavy atom. The van der Waals surface area contributed by atoms with Crippen molar-refractivity contribution >= 4 is 21.8 Å². The summed E-state index contributed by atoms with van der Waals surface area (Å²) in [5.74, 6) is 0.00863. The molecule has 2 nitrogen and oxygen atoms in total. The van der Waals surface area contributed by atoms with Crippen molar-refractivity contribution in [2.24, 2.45) is 0 Å². The molecule has 0 bridgehead atoms. The zero-order chi connectivity index (χ0) is 14.7. The summed E-state index contributed by atoms with van der Waals surface area (Å²) < 4.78 is 0. The molecule has 0 spiro atoms. The Bertz CT molecular complexity index is 444. The monoisotopic (exact) mass is 325 g/mol. The van der Waals surface area contributed by atoms with E-state index in [4.69, 9.17) is 0 Å². The third-order valence-electron chi connectivity index (χ3n) is 3.47. The van der Waals surface area contributed by atoms with Crippen molar-refractivity contribution in [1.82, 2.24) is 5.32 Å². The van der Waals surface area contributed by atoms with Gasteiger partial charge in [-0.25, -0.2) is 0 Å². The quantitative estimate of drug-likeness (QED) is 0.822. The lowest BCUT2D eigenvalue weighted by atomic mass is 9.83. The number of carbonyl (C=O) groups is 1. The number of rotatable bonds is 4. The molecule has 1 atom stereocenters. The van der Waals surface area contributed by atoms with Gasteiger partial charge in [0.15, 0.2) is 0 Å². The molecule has 1 rings (SSSR count). The molecule has 0 aliphatic carbocycles. The van der Waals surface area contributed by atoms with Crippen LogP contribution >= 0.6 is 15.9 Å². The van der Waals surface area contributed by atoms with Crippen LogP contribution in [0.5, 0.6) is 0 Å². The third kappa shape index (κ3) is 4.07. The first kappa shape index (κ1) is 16.2. The van der Waals surface area contributed by atoms with E-state index in [0.29, 0.717) is 0 Å². The van der Waals surface area contributed by atoms with Crippen molar-refractivity contribution in [3.63, 3.8) is 0 Å². The van der Waals surface area contributed by atoms with E-state index < -0.39 is 0 Å². The molecule has 0 aromatic heterocycles. The van der Waals surface area contributed by atoms with Crippen LogP contribution in [0.2, 0.25) is 0 Å². The Balaban J connectivity index is 3.08. The van der Waals surface area contributed by atoms with Gasteiger partial charge in [0.25, 0.3) is 5.91 Å². The first-order valence-corrected chi connectivity index (χ1v) is 7.83. The molecule has 0 radical (unpaired) electrons. The van der Waals surface area contributed by atoms with Gasteiger partial charge in [-0.2, -0.15) is 0 Å². The van der Waals surface area contributed by atoms with Gasteiger partial charge in [0.05, 0.1) is 0 Å². The van der Waals surface area contributed by atoms with E-state index in [1.54, 1.807) is 0 Å². The summed E-state index contributed by atoms with van der Waals surface area (Å²) in [6, 6.07) is 7.84. The van der Waals surface area contributed by atoms with Crippen LogP contribution in [-0.4, -0.2) is 16.8 Å². The molecule has 3 heteroatoms. The molecule has 106 valence electrons. The van der Waals surface area contributed by atoms with Gasteiger partial charge in [0.2, 0.25) is 0 Å². The molecule has 0 saturated heterocycles. The summed E-state index contributed by atoms with van der Waals surface area (Å²) in [6.07, 6.45) is 0.891. The van der Waals surface area contributed by atoms with Gasteiger partial charge in [-0.3, -0.25) is 4.79 Å². The van der Waals surface area contributed by atoms with Crippen LogP contribution in [0.1, 0.15) is 57.0 Å². The fraction of sp³-hybridized carbons (Fsp3) is 0.562. The van der Waals surface area contributed by atoms with E-state index in [9.17, 15) is 4.79 Å². The number of nitrogens with one attached hydrogen (secondary N) is 1. The van der Waals surface area contributed by atoms with Crippen LogP contribution in [0.25, 0.3) is 0 Å². The number of halogens is 1. The van der Waals surface area contributed by atoms with Crippen LogP contribution in [0.4, 0.5) is 0 Å². The van der Waals surface area contributed by atoms with Gasteiger partial charge in [-0.1, -0.05) is 61.8 Å². The molecular weight excluding hydrogens is 302 g/mol. The Hall–Kier alpha value is -0.830. The maximum Gasteiger partial charge on any atom is 0.252 e. The van der Waals surface area contributed by atoms with Gasteiger partial charge in [0.1, 0.15) is 0 Å². The highest BCUT2D eigenvalue weighted by Crippen LogP contribution is 2.26. The van der Waals surface area contributed by atoms with Crippen LogP contribution in [-0.2, 0) is 5.41 Å². The van der Waals surface area contributed by atoms with E-state index in [1.165, 1.54) is 0 Å². The first-order valence-electron chi connectivity index (χ1n) is 6.71. The summed E-state index contributed by atoms with van der Waals surface area (Å²) in [5, 5.41) is 3.89. The van der Waals surface area contributed by atoms with Crippen molar-refractivity contribution in [3.05, 3.63) is 35.4 Å². The molecule has 0 aliphatic rings. The summed E-state index contributed by atoms with van der Waals surface area (Å²) >= 11 is 3.48. The van der Waals surface area contributed by atoms with Crippen LogP contribution in [0, 0.1) is 0 Å². The van der Waals surface area contributed by atoms with Crippen LogP contribution < -0.4 is 5.32 Å². The molecule has 1 aromatic rings. The van der Waals surface area contributed by atoms with Gasteiger partial charge in [-0.05, 0) is 30.4 Å². The second-order valence-electron chi connectivity index (χ2n) is 6.30. The molecule has 0 saturated carbocycles. The molecule has 1 amide bonds. The summed E-state index contributed by atoms with van der Waals surface area (Å²) in [5.41, 5.74) is 1.61. The average Bonchev–Trinajstić information content (AvgIpc) is 2.37. The van der Waals surface area contributed by atoms with E-state index in [1.807, 2.05) is 24.3 Å². The van der Waals surface area contributed by atoms with Gasteiger partial charge in [-0.15, -0.1) is 0 Å². The highest BCUT2D eigenvalue weighted by atomic mass is 79.9. The minimum atomic E-state index is -0.206. The molecular formula is C16H24BrNO. The summed E-state index contributed by atoms with van der Waals surface area (Å²) in [6.45, 7) is 10.5. The fourth-order valence-corrected chi connectivity index (χ4v) is 2.43. The van der Waals surface area contributed by atoms with Crippen LogP contribution in [0.3, 0.4) is 0 Å². The molecule has 19 heavy (non-hydrogen) atoms. The first-order chi connectivity index (χ1) is 8.73. The van der Waals surface area contributed by atoms with E-state index >= 15 is 0 Å². The van der Waals surface area contributed by atoms with Crippen molar-refractivity contribution in [2.75, 3.05) is 5.33 Å². The Morgan fingerprint density at radius 2 is 1.79 bits per heavy atom. The normalized spacial score (nSPS) is 14.8. The largest absolute Gasteiger partial charge is 0.346 e. The van der Waals surface area contributed by atoms with E-state index in [0.717, 1.165) is 22.9 Å². The lowest BCUT2D eigenvalue weighted by Crippen LogP contribution is -2.47. The second kappa shape index (κ2) is 6.08. The third-order valence-corrected chi connectivity index (χ3v) is 4.71. The molecule has 0 fully saturated rings. The maximum atomic E-state index is 12.5. The number of alkyl halides is 1. The van der Waals surface area contributed by atoms with Crippen molar-refractivity contribution < 1.29 is 4.79 Å². The smallest absolute Gasteiger partial charge is 0.252 e. The van der Waals surface area contributed by atoms with E-state index in [2.05, 4.69) is 55.9 Å². The molecule has 0 aliphatic heterocycles. The van der Waals surface area contributed by atoms with Gasteiger partial charge < -0.3 is 5.32 Å². The zero-order valence-electron chi connectivity index (χ0n) is 12.5. The Morgan fingerprint density at radius 3 is 2.26 bits per heavy atom. The number of carbonyl (C=O) groups excluding carboxylic acids is 1. The molecule has 1 N–H and O–H groups in total. The van der Waals surface area contributed by atoms with Crippen molar-refractivity contribution in [1.29, 1.82) is 0 Å². The number of hydrogen-bond donors (Lipinski definition) is 1. The molecule has 1 aromatic carbocycles. The minimum Gasteiger partial charge on any atom is -0.346 e.